The van der Waals surface area contributed by atoms with Gasteiger partial charge in [-0.1, -0.05) is 70.4 Å². The Kier molecular flexibility index (Phi) is 31.2. The van der Waals surface area contributed by atoms with Crippen LogP contribution in [0.25, 0.3) is 0 Å². The molecule has 0 saturated carbocycles. The summed E-state index contributed by atoms with van der Waals surface area (Å²) < 4.78 is 0. The van der Waals surface area contributed by atoms with E-state index in [1.807, 2.05) is 0 Å². The summed E-state index contributed by atoms with van der Waals surface area (Å²) in [7, 11) is 0. The van der Waals surface area contributed by atoms with Gasteiger partial charge in [-0.15, -0.1) is 0 Å². The molecule has 0 fully saturated rings. The molecule has 22 heavy (non-hydrogen) atoms. The minimum atomic E-state index is -0.164. The summed E-state index contributed by atoms with van der Waals surface area (Å²) in [5, 5.41) is 0. The van der Waals surface area contributed by atoms with Crippen LogP contribution in [0.1, 0.15) is 96.8 Å². The van der Waals surface area contributed by atoms with Crippen LogP contribution in [-0.4, -0.2) is 65.0 Å². The molecule has 0 aromatic carbocycles. The number of primary amides is 1. The molecule has 0 heterocycles. The van der Waals surface area contributed by atoms with Gasteiger partial charge >= 0.3 is 59.1 Å². The van der Waals surface area contributed by atoms with Gasteiger partial charge in [-0.05, 0) is 32.1 Å². The van der Waals surface area contributed by atoms with Crippen molar-refractivity contribution in [3.63, 3.8) is 0 Å². The minimum absolute atomic E-state index is 0. The second-order valence-electron chi connectivity index (χ2n) is 5.80. The Balaban J connectivity index is -0.00000180. The maximum absolute atomic E-state index is 10.5. The summed E-state index contributed by atoms with van der Waals surface area (Å²) in [5.74, 6) is -0.164. The molecule has 0 saturated heterocycles. The van der Waals surface area contributed by atoms with E-state index in [0.717, 1.165) is 12.8 Å². The van der Waals surface area contributed by atoms with Crippen molar-refractivity contribution in [1.82, 2.24) is 0 Å². The molecule has 0 aromatic rings. The Hall–Kier alpha value is 1.21. The molecule has 2 N–H and O–H groups in total. The topological polar surface area (TPSA) is 43.1 Å². The predicted molar refractivity (Wildman–Crippen MR) is 103 cm³/mol. The maximum atomic E-state index is 10.5. The van der Waals surface area contributed by atoms with Crippen molar-refractivity contribution < 1.29 is 4.79 Å². The first-order valence-corrected chi connectivity index (χ1v) is 8.70. The van der Waals surface area contributed by atoms with Crippen LogP contribution in [0.5, 0.6) is 0 Å². The molecule has 0 aliphatic heterocycles. The van der Waals surface area contributed by atoms with E-state index < -0.39 is 0 Å². The zero-order valence-electron chi connectivity index (χ0n) is 13.5. The van der Waals surface area contributed by atoms with Gasteiger partial charge < -0.3 is 5.73 Å². The van der Waals surface area contributed by atoms with E-state index in [0.29, 0.717) is 6.42 Å². The van der Waals surface area contributed by atoms with Gasteiger partial charge in [0, 0.05) is 6.42 Å². The van der Waals surface area contributed by atoms with Crippen LogP contribution in [0, 0.1) is 0 Å². The van der Waals surface area contributed by atoms with E-state index in [4.69, 9.17) is 5.73 Å². The van der Waals surface area contributed by atoms with Crippen molar-refractivity contribution in [3.8, 4) is 0 Å². The number of nitrogens with two attached hydrogens (primary N) is 1. The Bertz CT molecular complexity index is 245. The second kappa shape index (κ2) is 24.5. The van der Waals surface area contributed by atoms with Crippen molar-refractivity contribution in [2.45, 2.75) is 96.8 Å². The Morgan fingerprint density at radius 1 is 0.727 bits per heavy atom. The molecule has 0 bridgehead atoms. The quantitative estimate of drug-likeness (QED) is 0.273. The molecule has 0 aromatic heterocycles. The third-order valence-electron chi connectivity index (χ3n) is 3.68. The third kappa shape index (κ3) is 26.1. The van der Waals surface area contributed by atoms with Gasteiger partial charge in [0.25, 0.3) is 0 Å². The molecule has 2 nitrogen and oxygen atoms in total. The van der Waals surface area contributed by atoms with Crippen LogP contribution in [-0.2, 0) is 4.79 Å². The molecule has 0 spiro atoms. The first-order valence-electron chi connectivity index (χ1n) is 8.70. The first-order chi connectivity index (χ1) is 9.77. The van der Waals surface area contributed by atoms with E-state index in [2.05, 4.69) is 19.1 Å². The van der Waals surface area contributed by atoms with E-state index >= 15 is 0 Å². The number of amides is 1. The first kappa shape index (κ1) is 28.0. The van der Waals surface area contributed by atoms with Crippen LogP contribution in [0.4, 0.5) is 0 Å². The predicted octanol–water partition coefficient (Wildman–Crippen LogP) is 4.21. The van der Waals surface area contributed by atoms with Gasteiger partial charge in [-0.2, -0.15) is 0 Å². The van der Waals surface area contributed by atoms with Crippen molar-refractivity contribution in [2.24, 2.45) is 5.73 Å². The standard InChI is InChI=1S/C18H35NO.2Na.2H/c1-2-3-4-5-6-7-8-9-10-11-12-13-14-15-16-17-18(19)20;;;;/h9-10H,2-8,11-17H2,1H3,(H2,19,20);;;;. The van der Waals surface area contributed by atoms with E-state index in [1.165, 1.54) is 70.6 Å². The van der Waals surface area contributed by atoms with E-state index in [1.54, 1.807) is 0 Å². The molecular formula is C18H37NNa2O. The van der Waals surface area contributed by atoms with Crippen molar-refractivity contribution in [3.05, 3.63) is 12.2 Å². The Morgan fingerprint density at radius 3 is 1.59 bits per heavy atom. The molecule has 0 aliphatic rings. The van der Waals surface area contributed by atoms with Crippen LogP contribution < -0.4 is 5.73 Å². The summed E-state index contributed by atoms with van der Waals surface area (Å²) >= 11 is 0. The SMILES string of the molecule is CCCCCCCCC=CCCCCCCCC(N)=O.[NaH].[NaH]. The average molecular weight is 329 g/mol. The summed E-state index contributed by atoms with van der Waals surface area (Å²) in [6.45, 7) is 2.26. The van der Waals surface area contributed by atoms with E-state index in [-0.39, 0.29) is 65.0 Å². The monoisotopic (exact) mass is 329 g/mol. The summed E-state index contributed by atoms with van der Waals surface area (Å²) in [6, 6.07) is 0. The van der Waals surface area contributed by atoms with Gasteiger partial charge in [0.1, 0.15) is 0 Å². The molecule has 4 heteroatoms. The van der Waals surface area contributed by atoms with Crippen molar-refractivity contribution in [1.29, 1.82) is 0 Å². The number of hydrogen-bond donors (Lipinski definition) is 1. The molecule has 0 unspecified atom stereocenters. The van der Waals surface area contributed by atoms with Gasteiger partial charge in [0.15, 0.2) is 0 Å². The fraction of sp³-hybridized carbons (Fsp3) is 0.833. The molecular weight excluding hydrogens is 292 g/mol. The molecule has 0 atom stereocenters. The molecule has 122 valence electrons. The number of rotatable bonds is 15. The Morgan fingerprint density at radius 2 is 1.14 bits per heavy atom. The van der Waals surface area contributed by atoms with Crippen LogP contribution in [0.2, 0.25) is 0 Å². The molecule has 0 aliphatic carbocycles. The van der Waals surface area contributed by atoms with Crippen LogP contribution in [0.15, 0.2) is 12.2 Å². The van der Waals surface area contributed by atoms with Crippen molar-refractivity contribution >= 4 is 65.0 Å². The second-order valence-corrected chi connectivity index (χ2v) is 5.80. The number of allylic oxidation sites excluding steroid dienone is 2. The Labute approximate surface area is 183 Å². The zero-order valence-corrected chi connectivity index (χ0v) is 13.5. The van der Waals surface area contributed by atoms with Crippen LogP contribution in [0.3, 0.4) is 0 Å². The number of unbranched alkanes of at least 4 members (excludes halogenated alkanes) is 11. The van der Waals surface area contributed by atoms with Gasteiger partial charge in [0.05, 0.1) is 0 Å². The number of carbonyl (C=O) groups is 1. The number of carbonyl (C=O) groups excluding carboxylic acids is 1. The van der Waals surface area contributed by atoms with Gasteiger partial charge in [-0.25, -0.2) is 0 Å². The summed E-state index contributed by atoms with van der Waals surface area (Å²) in [6.07, 6.45) is 21.9. The fourth-order valence-electron chi connectivity index (χ4n) is 2.37. The van der Waals surface area contributed by atoms with Gasteiger partial charge in [-0.3, -0.25) is 4.79 Å². The summed E-state index contributed by atoms with van der Waals surface area (Å²) in [4.78, 5) is 10.5. The normalized spacial score (nSPS) is 10.2. The summed E-state index contributed by atoms with van der Waals surface area (Å²) in [5.41, 5.74) is 5.10. The van der Waals surface area contributed by atoms with Crippen molar-refractivity contribution in [2.75, 3.05) is 0 Å². The fourth-order valence-corrected chi connectivity index (χ4v) is 2.37. The van der Waals surface area contributed by atoms with Crippen LogP contribution >= 0.6 is 0 Å². The van der Waals surface area contributed by atoms with E-state index in [9.17, 15) is 4.79 Å². The number of hydrogen-bond acceptors (Lipinski definition) is 1. The molecule has 0 rings (SSSR count). The van der Waals surface area contributed by atoms with Gasteiger partial charge in [0.2, 0.25) is 5.91 Å². The average Bonchev–Trinajstić information content (AvgIpc) is 2.43. The molecule has 0 radical (unpaired) electrons. The zero-order chi connectivity index (χ0) is 14.9. The molecule has 1 amide bonds. The third-order valence-corrected chi connectivity index (χ3v) is 3.68.